The van der Waals surface area contributed by atoms with Gasteiger partial charge in [-0.2, -0.15) is 0 Å². The molecule has 0 fully saturated rings. The number of non-ortho nitro benzene ring substituents is 1. The fraction of sp³-hybridized carbons (Fsp3) is 0.375. The average Bonchev–Trinajstić information content (AvgIpc) is 2.62. The summed E-state index contributed by atoms with van der Waals surface area (Å²) in [6, 6.07) is 3.22. The van der Waals surface area contributed by atoms with E-state index in [1.54, 1.807) is 6.92 Å². The van der Waals surface area contributed by atoms with E-state index in [1.165, 1.54) is 0 Å². The standard InChI is InChI=1S/C16H19N5O6/c1-3-5-8-20-15(23)13(14(27-4-2)17-16(20)24)19-18-11-9-10(21(25)26)6-7-12(11)22/h6-7,9,22H,3-5,8H2,1-2H3,(H,17,24)/b19-18+. The summed E-state index contributed by atoms with van der Waals surface area (Å²) >= 11 is 0. The van der Waals surface area contributed by atoms with Crippen molar-refractivity contribution in [3.63, 3.8) is 0 Å². The van der Waals surface area contributed by atoms with E-state index >= 15 is 0 Å². The van der Waals surface area contributed by atoms with Gasteiger partial charge in [0.05, 0.1) is 11.5 Å². The molecule has 1 aromatic heterocycles. The number of nitrogens with one attached hydrogen (secondary N) is 1. The molecular formula is C16H19N5O6. The predicted molar refractivity (Wildman–Crippen MR) is 96.3 cm³/mol. The molecule has 2 N–H and O–H groups in total. The lowest BCUT2D eigenvalue weighted by atomic mass is 10.2. The minimum atomic E-state index is -0.704. The van der Waals surface area contributed by atoms with Crippen LogP contribution in [0.25, 0.3) is 0 Å². The van der Waals surface area contributed by atoms with Gasteiger partial charge in [-0.15, -0.1) is 10.2 Å². The van der Waals surface area contributed by atoms with Crippen molar-refractivity contribution in [3.05, 3.63) is 49.2 Å². The van der Waals surface area contributed by atoms with Gasteiger partial charge in [-0.1, -0.05) is 13.3 Å². The molecule has 0 saturated carbocycles. The second-order valence-electron chi connectivity index (χ2n) is 5.48. The topological polar surface area (TPSA) is 152 Å². The van der Waals surface area contributed by atoms with Crippen LogP contribution in [0.2, 0.25) is 0 Å². The monoisotopic (exact) mass is 377 g/mol. The molecule has 0 atom stereocenters. The van der Waals surface area contributed by atoms with Crippen molar-refractivity contribution >= 4 is 17.1 Å². The van der Waals surface area contributed by atoms with Crippen molar-refractivity contribution in [1.82, 2.24) is 9.55 Å². The molecule has 11 nitrogen and oxygen atoms in total. The fourth-order valence-corrected chi connectivity index (χ4v) is 2.21. The Morgan fingerprint density at radius 2 is 2.04 bits per heavy atom. The lowest BCUT2D eigenvalue weighted by Gasteiger charge is -2.09. The first kappa shape index (κ1) is 19.8. The number of ether oxygens (including phenoxy) is 1. The Bertz CT molecular complexity index is 978. The molecule has 0 aliphatic heterocycles. The van der Waals surface area contributed by atoms with E-state index in [9.17, 15) is 24.8 Å². The van der Waals surface area contributed by atoms with Gasteiger partial charge in [0, 0.05) is 18.7 Å². The largest absolute Gasteiger partial charge is 0.506 e. The van der Waals surface area contributed by atoms with Gasteiger partial charge in [-0.05, 0) is 19.4 Å². The van der Waals surface area contributed by atoms with E-state index < -0.39 is 16.2 Å². The molecule has 0 saturated heterocycles. The summed E-state index contributed by atoms with van der Waals surface area (Å²) in [5.74, 6) is -0.507. The Morgan fingerprint density at radius 3 is 2.67 bits per heavy atom. The quantitative estimate of drug-likeness (QED) is 0.410. The maximum absolute atomic E-state index is 12.6. The second kappa shape index (κ2) is 8.74. The number of phenols is 1. The van der Waals surface area contributed by atoms with Crippen molar-refractivity contribution in [2.45, 2.75) is 33.2 Å². The number of aromatic amines is 1. The number of hydrogen-bond donors (Lipinski definition) is 2. The van der Waals surface area contributed by atoms with Crippen LogP contribution in [-0.4, -0.2) is 26.2 Å². The zero-order chi connectivity index (χ0) is 20.0. The number of H-pyrrole nitrogens is 1. The summed E-state index contributed by atoms with van der Waals surface area (Å²) < 4.78 is 6.23. The van der Waals surface area contributed by atoms with E-state index in [2.05, 4.69) is 15.2 Å². The van der Waals surface area contributed by atoms with Crippen LogP contribution in [0, 0.1) is 10.1 Å². The first-order valence-corrected chi connectivity index (χ1v) is 8.28. The molecule has 0 amide bonds. The minimum Gasteiger partial charge on any atom is -0.506 e. The third-order valence-electron chi connectivity index (χ3n) is 3.58. The number of azo groups is 1. The molecule has 0 unspecified atom stereocenters. The number of nitrogens with zero attached hydrogens (tertiary/aromatic N) is 4. The van der Waals surface area contributed by atoms with Crippen molar-refractivity contribution in [2.24, 2.45) is 10.2 Å². The zero-order valence-electron chi connectivity index (χ0n) is 14.8. The van der Waals surface area contributed by atoms with Crippen molar-refractivity contribution in [2.75, 3.05) is 6.61 Å². The Hall–Kier alpha value is -3.50. The average molecular weight is 377 g/mol. The number of unbranched alkanes of at least 4 members (excludes halogenated alkanes) is 1. The number of nitro benzene ring substituents is 1. The number of phenolic OH excluding ortho intramolecular Hbond substituents is 1. The summed E-state index contributed by atoms with van der Waals surface area (Å²) in [6.45, 7) is 3.94. The van der Waals surface area contributed by atoms with Gasteiger partial charge in [0.15, 0.2) is 0 Å². The van der Waals surface area contributed by atoms with Crippen LogP contribution < -0.4 is 16.0 Å². The Morgan fingerprint density at radius 1 is 1.30 bits per heavy atom. The molecule has 0 spiro atoms. The van der Waals surface area contributed by atoms with Gasteiger partial charge in [-0.3, -0.25) is 24.5 Å². The third kappa shape index (κ3) is 4.57. The lowest BCUT2D eigenvalue weighted by Crippen LogP contribution is -2.35. The van der Waals surface area contributed by atoms with Crippen molar-refractivity contribution in [3.8, 4) is 11.6 Å². The van der Waals surface area contributed by atoms with Crippen LogP contribution in [0.3, 0.4) is 0 Å². The Kier molecular flexibility index (Phi) is 6.41. The molecule has 11 heteroatoms. The number of rotatable bonds is 8. The molecule has 0 radical (unpaired) electrons. The van der Waals surface area contributed by atoms with E-state index in [0.717, 1.165) is 29.2 Å². The Balaban J connectivity index is 2.55. The molecular weight excluding hydrogens is 358 g/mol. The van der Waals surface area contributed by atoms with E-state index in [0.29, 0.717) is 6.42 Å². The van der Waals surface area contributed by atoms with Crippen LogP contribution >= 0.6 is 0 Å². The highest BCUT2D eigenvalue weighted by molar-refractivity contribution is 5.57. The van der Waals surface area contributed by atoms with E-state index in [4.69, 9.17) is 4.74 Å². The molecule has 1 aromatic carbocycles. The van der Waals surface area contributed by atoms with Crippen LogP contribution in [-0.2, 0) is 6.54 Å². The fourth-order valence-electron chi connectivity index (χ4n) is 2.21. The maximum atomic E-state index is 12.6. The molecule has 144 valence electrons. The summed E-state index contributed by atoms with van der Waals surface area (Å²) in [4.78, 5) is 37.3. The molecule has 27 heavy (non-hydrogen) atoms. The first-order valence-electron chi connectivity index (χ1n) is 8.28. The summed E-state index contributed by atoms with van der Waals surface area (Å²) in [5.41, 5.74) is -2.09. The van der Waals surface area contributed by atoms with Gasteiger partial charge in [0.25, 0.3) is 11.2 Å². The van der Waals surface area contributed by atoms with E-state index in [1.807, 2.05) is 6.92 Å². The highest BCUT2D eigenvalue weighted by Crippen LogP contribution is 2.32. The van der Waals surface area contributed by atoms with Crippen molar-refractivity contribution < 1.29 is 14.8 Å². The van der Waals surface area contributed by atoms with Crippen LogP contribution in [0.1, 0.15) is 26.7 Å². The highest BCUT2D eigenvalue weighted by atomic mass is 16.6. The number of aromatic hydroxyl groups is 1. The van der Waals surface area contributed by atoms with Crippen LogP contribution in [0.4, 0.5) is 17.1 Å². The normalized spacial score (nSPS) is 11.0. The number of nitro groups is 1. The number of aromatic nitrogens is 2. The Labute approximate surface area is 153 Å². The highest BCUT2D eigenvalue weighted by Gasteiger charge is 2.16. The second-order valence-corrected chi connectivity index (χ2v) is 5.48. The molecule has 0 aliphatic rings. The molecule has 1 heterocycles. The minimum absolute atomic E-state index is 0.158. The predicted octanol–water partition coefficient (Wildman–Crippen LogP) is 2.76. The summed E-state index contributed by atoms with van der Waals surface area (Å²) in [7, 11) is 0. The molecule has 2 rings (SSSR count). The lowest BCUT2D eigenvalue weighted by molar-refractivity contribution is -0.384. The number of hydrogen-bond acceptors (Lipinski definition) is 8. The maximum Gasteiger partial charge on any atom is 0.331 e. The van der Waals surface area contributed by atoms with Gasteiger partial charge in [0.1, 0.15) is 11.4 Å². The van der Waals surface area contributed by atoms with Crippen LogP contribution in [0.15, 0.2) is 38.0 Å². The van der Waals surface area contributed by atoms with Gasteiger partial charge in [0.2, 0.25) is 11.6 Å². The molecule has 0 aliphatic carbocycles. The van der Waals surface area contributed by atoms with E-state index in [-0.39, 0.29) is 41.8 Å². The zero-order valence-corrected chi connectivity index (χ0v) is 14.8. The van der Waals surface area contributed by atoms with Gasteiger partial charge in [-0.25, -0.2) is 4.79 Å². The first-order chi connectivity index (χ1) is 12.9. The number of benzene rings is 1. The molecule has 0 bridgehead atoms. The molecule has 2 aromatic rings. The smallest absolute Gasteiger partial charge is 0.331 e. The summed E-state index contributed by atoms with van der Waals surface area (Å²) in [6.07, 6.45) is 1.39. The van der Waals surface area contributed by atoms with Crippen LogP contribution in [0.5, 0.6) is 11.6 Å². The van der Waals surface area contributed by atoms with Gasteiger partial charge >= 0.3 is 5.69 Å². The van der Waals surface area contributed by atoms with Crippen molar-refractivity contribution in [1.29, 1.82) is 0 Å². The van der Waals surface area contributed by atoms with Gasteiger partial charge < -0.3 is 9.84 Å². The SMILES string of the molecule is CCCCn1c(=O)[nH]c(OCC)c(/N=N/c2cc([N+](=O)[O-])ccc2O)c1=O. The summed E-state index contributed by atoms with van der Waals surface area (Å²) in [5, 5.41) is 28.2. The third-order valence-corrected chi connectivity index (χ3v) is 3.58.